The molecular weight excluding hydrogens is 200 g/mol. The average molecular weight is 220 g/mol. The molecule has 0 aromatic rings. The topological polar surface area (TPSA) is 72.2 Å². The van der Waals surface area contributed by atoms with Crippen molar-refractivity contribution in [3.05, 3.63) is 0 Å². The minimum Gasteiger partial charge on any atom is -0.329 e. The maximum absolute atomic E-state index is 11.7. The summed E-state index contributed by atoms with van der Waals surface area (Å²) >= 11 is 0. The van der Waals surface area contributed by atoms with Crippen LogP contribution in [0, 0.1) is 5.92 Å². The van der Waals surface area contributed by atoms with Crippen LogP contribution in [0.4, 0.5) is 0 Å². The van der Waals surface area contributed by atoms with Crippen molar-refractivity contribution in [1.29, 1.82) is 0 Å². The summed E-state index contributed by atoms with van der Waals surface area (Å²) < 4.78 is 26.2. The minimum atomic E-state index is -3.18. The summed E-state index contributed by atoms with van der Waals surface area (Å²) in [6, 6.07) is 0.172. The first-order valence-corrected chi connectivity index (χ1v) is 6.81. The van der Waals surface area contributed by atoms with Gasteiger partial charge in [-0.1, -0.05) is 20.3 Å². The highest BCUT2D eigenvalue weighted by atomic mass is 32.2. The number of nitrogens with two attached hydrogens (primary N) is 1. The van der Waals surface area contributed by atoms with Gasteiger partial charge in [-0.15, -0.1) is 0 Å². The Morgan fingerprint density at radius 2 is 2.14 bits per heavy atom. The summed E-state index contributed by atoms with van der Waals surface area (Å²) in [4.78, 5) is 0. The Labute approximate surface area is 86.3 Å². The second-order valence-corrected chi connectivity index (χ2v) is 5.93. The maximum atomic E-state index is 11.7. The van der Waals surface area contributed by atoms with Crippen LogP contribution in [0.15, 0.2) is 0 Å². The van der Waals surface area contributed by atoms with Crippen LogP contribution in [0.5, 0.6) is 0 Å². The second-order valence-electron chi connectivity index (χ2n) is 3.94. The van der Waals surface area contributed by atoms with Gasteiger partial charge < -0.3 is 5.73 Å². The Bertz CT molecular complexity index is 273. The third kappa shape index (κ3) is 2.68. The summed E-state index contributed by atoms with van der Waals surface area (Å²) in [5, 5.41) is -0.430. The Hall–Kier alpha value is -0.130. The molecule has 0 aliphatic heterocycles. The van der Waals surface area contributed by atoms with Gasteiger partial charge in [0, 0.05) is 12.6 Å². The highest BCUT2D eigenvalue weighted by Gasteiger charge is 2.39. The van der Waals surface area contributed by atoms with E-state index in [2.05, 4.69) is 11.6 Å². The molecule has 0 heterocycles. The fraction of sp³-hybridized carbons (Fsp3) is 1.00. The van der Waals surface area contributed by atoms with Crippen LogP contribution in [-0.2, 0) is 10.0 Å². The second kappa shape index (κ2) is 4.59. The van der Waals surface area contributed by atoms with E-state index in [1.807, 2.05) is 6.92 Å². The molecule has 14 heavy (non-hydrogen) atoms. The molecule has 1 saturated carbocycles. The number of sulfonamides is 1. The molecule has 3 N–H and O–H groups in total. The Kier molecular flexibility index (Phi) is 3.92. The van der Waals surface area contributed by atoms with Gasteiger partial charge in [0.25, 0.3) is 0 Å². The first kappa shape index (κ1) is 11.9. The highest BCUT2D eigenvalue weighted by Crippen LogP contribution is 2.34. The lowest BCUT2D eigenvalue weighted by atomic mass is 10.3. The first-order valence-electron chi connectivity index (χ1n) is 5.26. The molecule has 4 nitrogen and oxygen atoms in total. The third-order valence-electron chi connectivity index (χ3n) is 2.92. The minimum absolute atomic E-state index is 0.172. The smallest absolute Gasteiger partial charge is 0.215 e. The van der Waals surface area contributed by atoms with E-state index in [0.717, 1.165) is 12.8 Å². The van der Waals surface area contributed by atoms with Crippen molar-refractivity contribution in [1.82, 2.24) is 4.72 Å². The zero-order valence-electron chi connectivity index (χ0n) is 8.86. The van der Waals surface area contributed by atoms with Crippen LogP contribution in [0.3, 0.4) is 0 Å². The van der Waals surface area contributed by atoms with Gasteiger partial charge in [0.15, 0.2) is 0 Å². The van der Waals surface area contributed by atoms with E-state index < -0.39 is 15.3 Å². The highest BCUT2D eigenvalue weighted by molar-refractivity contribution is 7.90. The molecule has 1 rings (SSSR count). The van der Waals surface area contributed by atoms with E-state index in [1.54, 1.807) is 0 Å². The van der Waals surface area contributed by atoms with Gasteiger partial charge in [0.1, 0.15) is 0 Å². The molecule has 0 radical (unpaired) electrons. The van der Waals surface area contributed by atoms with Gasteiger partial charge in [0.2, 0.25) is 10.0 Å². The Balaban J connectivity index is 2.50. The Morgan fingerprint density at radius 3 is 2.50 bits per heavy atom. The quantitative estimate of drug-likeness (QED) is 0.682. The lowest BCUT2D eigenvalue weighted by Gasteiger charge is -2.14. The maximum Gasteiger partial charge on any atom is 0.215 e. The largest absolute Gasteiger partial charge is 0.329 e. The van der Waals surface area contributed by atoms with Gasteiger partial charge in [0.05, 0.1) is 5.25 Å². The molecule has 1 fully saturated rings. The lowest BCUT2D eigenvalue weighted by Crippen LogP contribution is -2.40. The molecule has 3 unspecified atom stereocenters. The van der Waals surface area contributed by atoms with E-state index >= 15 is 0 Å². The monoisotopic (exact) mass is 220 g/mol. The van der Waals surface area contributed by atoms with Crippen molar-refractivity contribution >= 4 is 10.0 Å². The number of rotatable bonds is 6. The molecule has 0 spiro atoms. The van der Waals surface area contributed by atoms with Crippen LogP contribution < -0.4 is 10.5 Å². The van der Waals surface area contributed by atoms with Gasteiger partial charge in [-0.3, -0.25) is 0 Å². The van der Waals surface area contributed by atoms with Gasteiger partial charge in [-0.05, 0) is 18.8 Å². The molecule has 0 amide bonds. The summed E-state index contributed by atoms with van der Waals surface area (Å²) in [6.45, 7) is 4.13. The SMILES string of the molecule is CCC1CC1NS(=O)(=O)C(CC)CN. The molecule has 0 saturated heterocycles. The standard InChI is InChI=1S/C9H20N2O2S/c1-3-7-5-9(7)11-14(12,13)8(4-2)6-10/h7-9,11H,3-6,10H2,1-2H3. The molecule has 3 atom stereocenters. The van der Waals surface area contributed by atoms with E-state index in [0.29, 0.717) is 12.3 Å². The van der Waals surface area contributed by atoms with Crippen LogP contribution >= 0.6 is 0 Å². The molecule has 84 valence electrons. The van der Waals surface area contributed by atoms with Crippen molar-refractivity contribution in [2.75, 3.05) is 6.54 Å². The fourth-order valence-electron chi connectivity index (χ4n) is 1.66. The molecule has 0 aromatic carbocycles. The predicted molar refractivity (Wildman–Crippen MR) is 57.4 cm³/mol. The number of hydrogen-bond donors (Lipinski definition) is 2. The molecule has 5 heteroatoms. The van der Waals surface area contributed by atoms with Crippen molar-refractivity contribution < 1.29 is 8.42 Å². The van der Waals surface area contributed by atoms with E-state index in [-0.39, 0.29) is 12.6 Å². The average Bonchev–Trinajstić information content (AvgIpc) is 2.84. The summed E-state index contributed by atoms with van der Waals surface area (Å²) in [7, 11) is -3.18. The van der Waals surface area contributed by atoms with Crippen LogP contribution in [0.2, 0.25) is 0 Å². The normalized spacial score (nSPS) is 28.8. The molecule has 1 aliphatic rings. The van der Waals surface area contributed by atoms with E-state index in [1.165, 1.54) is 0 Å². The van der Waals surface area contributed by atoms with Crippen LogP contribution in [0.25, 0.3) is 0 Å². The fourth-order valence-corrected chi connectivity index (χ4v) is 3.26. The van der Waals surface area contributed by atoms with Crippen LogP contribution in [-0.4, -0.2) is 26.3 Å². The summed E-state index contributed by atoms with van der Waals surface area (Å²) in [5.41, 5.74) is 5.41. The summed E-state index contributed by atoms with van der Waals surface area (Å²) in [6.07, 6.45) is 2.61. The lowest BCUT2D eigenvalue weighted by molar-refractivity contribution is 0.556. The third-order valence-corrected chi connectivity index (χ3v) is 4.95. The van der Waals surface area contributed by atoms with Gasteiger partial charge >= 0.3 is 0 Å². The van der Waals surface area contributed by atoms with Crippen molar-refractivity contribution in [3.63, 3.8) is 0 Å². The Morgan fingerprint density at radius 1 is 1.50 bits per heavy atom. The zero-order chi connectivity index (χ0) is 10.8. The number of nitrogens with one attached hydrogen (secondary N) is 1. The van der Waals surface area contributed by atoms with E-state index in [9.17, 15) is 8.42 Å². The van der Waals surface area contributed by atoms with E-state index in [4.69, 9.17) is 5.73 Å². The molecular formula is C9H20N2O2S. The van der Waals surface area contributed by atoms with Gasteiger partial charge in [-0.2, -0.15) is 0 Å². The molecule has 0 aromatic heterocycles. The first-order chi connectivity index (χ1) is 6.55. The molecule has 1 aliphatic carbocycles. The number of hydrogen-bond acceptors (Lipinski definition) is 3. The van der Waals surface area contributed by atoms with Crippen molar-refractivity contribution in [2.45, 2.75) is 44.4 Å². The van der Waals surface area contributed by atoms with Crippen LogP contribution in [0.1, 0.15) is 33.1 Å². The predicted octanol–water partition coefficient (Wildman–Crippen LogP) is 0.442. The van der Waals surface area contributed by atoms with Crippen molar-refractivity contribution in [2.24, 2.45) is 11.7 Å². The summed E-state index contributed by atoms with van der Waals surface area (Å²) in [5.74, 6) is 0.542. The zero-order valence-corrected chi connectivity index (χ0v) is 9.68. The van der Waals surface area contributed by atoms with Crippen molar-refractivity contribution in [3.8, 4) is 0 Å². The molecule has 0 bridgehead atoms. The van der Waals surface area contributed by atoms with Gasteiger partial charge in [-0.25, -0.2) is 13.1 Å².